The predicted octanol–water partition coefficient (Wildman–Crippen LogP) is 3.31. The van der Waals surface area contributed by atoms with Gasteiger partial charge < -0.3 is 14.6 Å². The largest absolute Gasteiger partial charge is 0.492 e. The Kier molecular flexibility index (Phi) is 5.24. The van der Waals surface area contributed by atoms with Gasteiger partial charge in [-0.3, -0.25) is 4.79 Å². The van der Waals surface area contributed by atoms with Gasteiger partial charge in [-0.2, -0.15) is 0 Å². The summed E-state index contributed by atoms with van der Waals surface area (Å²) in [7, 11) is 0. The Morgan fingerprint density at radius 2 is 1.95 bits per heavy atom. The maximum Gasteiger partial charge on any atom is 0.224 e. The fourth-order valence-electron chi connectivity index (χ4n) is 2.01. The van der Waals surface area contributed by atoms with Gasteiger partial charge in [0.1, 0.15) is 5.75 Å². The first kappa shape index (κ1) is 14.2. The Labute approximate surface area is 119 Å². The molecule has 0 saturated carbocycles. The number of carbonyl (C=O) groups is 1. The molecule has 2 rings (SSSR count). The summed E-state index contributed by atoms with van der Waals surface area (Å²) in [6, 6.07) is 11.5. The number of rotatable bonds is 7. The maximum absolute atomic E-state index is 11.9. The highest BCUT2D eigenvalue weighted by atomic mass is 16.5. The lowest BCUT2D eigenvalue weighted by atomic mass is 10.2. The van der Waals surface area contributed by atoms with Gasteiger partial charge in [-0.25, -0.2) is 0 Å². The highest BCUT2D eigenvalue weighted by Gasteiger charge is 2.06. The van der Waals surface area contributed by atoms with Crippen molar-refractivity contribution in [1.82, 2.24) is 4.57 Å². The predicted molar refractivity (Wildman–Crippen MR) is 79.9 cm³/mol. The number of ether oxygens (including phenoxy) is 1. The van der Waals surface area contributed by atoms with Crippen LogP contribution < -0.4 is 10.1 Å². The number of nitrogens with zero attached hydrogens (tertiary/aromatic N) is 1. The van der Waals surface area contributed by atoms with Gasteiger partial charge in [0.25, 0.3) is 0 Å². The number of anilines is 1. The van der Waals surface area contributed by atoms with Crippen molar-refractivity contribution in [1.29, 1.82) is 0 Å². The van der Waals surface area contributed by atoms with E-state index in [0.717, 1.165) is 18.7 Å². The number of para-hydroxylation sites is 2. The fraction of sp³-hybridized carbons (Fsp3) is 0.312. The summed E-state index contributed by atoms with van der Waals surface area (Å²) in [4.78, 5) is 11.9. The lowest BCUT2D eigenvalue weighted by Crippen LogP contribution is -2.13. The SMILES string of the molecule is CCOc1ccccc1NC(=O)CCCn1cccc1. The Morgan fingerprint density at radius 1 is 1.20 bits per heavy atom. The molecule has 0 atom stereocenters. The lowest BCUT2D eigenvalue weighted by Gasteiger charge is -2.11. The number of aromatic nitrogens is 1. The first-order chi connectivity index (χ1) is 9.79. The van der Waals surface area contributed by atoms with E-state index in [-0.39, 0.29) is 5.91 Å². The van der Waals surface area contributed by atoms with E-state index in [4.69, 9.17) is 4.74 Å². The zero-order valence-corrected chi connectivity index (χ0v) is 11.7. The molecular weight excluding hydrogens is 252 g/mol. The van der Waals surface area contributed by atoms with Crippen LogP contribution in [0.2, 0.25) is 0 Å². The Bertz CT molecular complexity index is 535. The van der Waals surface area contributed by atoms with Gasteiger partial charge in [0, 0.05) is 25.4 Å². The second-order valence-electron chi connectivity index (χ2n) is 4.50. The number of benzene rings is 1. The molecule has 20 heavy (non-hydrogen) atoms. The smallest absolute Gasteiger partial charge is 0.224 e. The number of carbonyl (C=O) groups excluding carboxylic acids is 1. The average Bonchev–Trinajstić information content (AvgIpc) is 2.94. The molecule has 1 amide bonds. The summed E-state index contributed by atoms with van der Waals surface area (Å²) >= 11 is 0. The minimum absolute atomic E-state index is 0.0179. The maximum atomic E-state index is 11.9. The Balaban J connectivity index is 1.82. The van der Waals surface area contributed by atoms with E-state index in [1.807, 2.05) is 55.7 Å². The molecular formula is C16H20N2O2. The third-order valence-electron chi connectivity index (χ3n) is 2.95. The van der Waals surface area contributed by atoms with Gasteiger partial charge in [-0.1, -0.05) is 12.1 Å². The number of hydrogen-bond donors (Lipinski definition) is 1. The van der Waals surface area contributed by atoms with Crippen molar-refractivity contribution >= 4 is 11.6 Å². The van der Waals surface area contributed by atoms with Gasteiger partial charge in [-0.05, 0) is 37.6 Å². The van der Waals surface area contributed by atoms with Crippen LogP contribution in [0.1, 0.15) is 19.8 Å². The molecule has 1 aromatic carbocycles. The van der Waals surface area contributed by atoms with Crippen LogP contribution in [0.5, 0.6) is 5.75 Å². The highest BCUT2D eigenvalue weighted by Crippen LogP contribution is 2.23. The van der Waals surface area contributed by atoms with Crippen molar-refractivity contribution in [3.05, 3.63) is 48.8 Å². The van der Waals surface area contributed by atoms with Crippen LogP contribution >= 0.6 is 0 Å². The van der Waals surface area contributed by atoms with Crippen LogP contribution in [0.25, 0.3) is 0 Å². The van der Waals surface area contributed by atoms with Crippen molar-refractivity contribution in [3.8, 4) is 5.75 Å². The molecule has 0 unspecified atom stereocenters. The molecule has 0 aliphatic heterocycles. The molecule has 0 spiro atoms. The van der Waals surface area contributed by atoms with Crippen LogP contribution in [-0.2, 0) is 11.3 Å². The molecule has 0 bridgehead atoms. The molecule has 1 aromatic heterocycles. The fourth-order valence-corrected chi connectivity index (χ4v) is 2.01. The minimum Gasteiger partial charge on any atom is -0.492 e. The van der Waals surface area contributed by atoms with Gasteiger partial charge >= 0.3 is 0 Å². The zero-order valence-electron chi connectivity index (χ0n) is 11.7. The third-order valence-corrected chi connectivity index (χ3v) is 2.95. The molecule has 2 aromatic rings. The van der Waals surface area contributed by atoms with Crippen LogP contribution in [-0.4, -0.2) is 17.1 Å². The van der Waals surface area contributed by atoms with Crippen LogP contribution in [0.15, 0.2) is 48.8 Å². The minimum atomic E-state index is 0.0179. The van der Waals surface area contributed by atoms with Crippen molar-refractivity contribution in [3.63, 3.8) is 0 Å². The van der Waals surface area contributed by atoms with E-state index in [1.54, 1.807) is 0 Å². The molecule has 0 aliphatic carbocycles. The van der Waals surface area contributed by atoms with Crippen molar-refractivity contribution in [2.24, 2.45) is 0 Å². The van der Waals surface area contributed by atoms with E-state index in [1.165, 1.54) is 0 Å². The monoisotopic (exact) mass is 272 g/mol. The number of amides is 1. The van der Waals surface area contributed by atoms with Crippen molar-refractivity contribution < 1.29 is 9.53 Å². The summed E-state index contributed by atoms with van der Waals surface area (Å²) in [5.41, 5.74) is 0.736. The van der Waals surface area contributed by atoms with E-state index in [0.29, 0.717) is 18.8 Å². The average molecular weight is 272 g/mol. The standard InChI is InChI=1S/C16H20N2O2/c1-2-20-15-9-4-3-8-14(15)17-16(19)10-7-13-18-11-5-6-12-18/h3-6,8-9,11-12H,2,7,10,13H2,1H3,(H,17,19). The first-order valence-electron chi connectivity index (χ1n) is 6.92. The summed E-state index contributed by atoms with van der Waals surface area (Å²) in [5.74, 6) is 0.734. The van der Waals surface area contributed by atoms with E-state index < -0.39 is 0 Å². The normalized spacial score (nSPS) is 10.2. The second-order valence-corrected chi connectivity index (χ2v) is 4.50. The summed E-state index contributed by atoms with van der Waals surface area (Å²) in [6.07, 6.45) is 5.32. The molecule has 4 heteroatoms. The molecule has 4 nitrogen and oxygen atoms in total. The molecule has 0 fully saturated rings. The molecule has 1 heterocycles. The summed E-state index contributed by atoms with van der Waals surface area (Å²) in [5, 5.41) is 2.90. The van der Waals surface area contributed by atoms with Crippen LogP contribution in [0, 0.1) is 0 Å². The zero-order chi connectivity index (χ0) is 14.2. The second kappa shape index (κ2) is 7.38. The number of hydrogen-bond acceptors (Lipinski definition) is 2. The van der Waals surface area contributed by atoms with Crippen molar-refractivity contribution in [2.45, 2.75) is 26.3 Å². The van der Waals surface area contributed by atoms with Gasteiger partial charge in [-0.15, -0.1) is 0 Å². The molecule has 106 valence electrons. The van der Waals surface area contributed by atoms with E-state index in [2.05, 4.69) is 9.88 Å². The number of nitrogens with one attached hydrogen (secondary N) is 1. The summed E-state index contributed by atoms with van der Waals surface area (Å²) in [6.45, 7) is 3.36. The first-order valence-corrected chi connectivity index (χ1v) is 6.92. The lowest BCUT2D eigenvalue weighted by molar-refractivity contribution is -0.116. The number of aryl methyl sites for hydroxylation is 1. The molecule has 0 radical (unpaired) electrons. The van der Waals surface area contributed by atoms with Gasteiger partial charge in [0.05, 0.1) is 12.3 Å². The quantitative estimate of drug-likeness (QED) is 0.840. The van der Waals surface area contributed by atoms with Gasteiger partial charge in [0.2, 0.25) is 5.91 Å². The van der Waals surface area contributed by atoms with Crippen LogP contribution in [0.3, 0.4) is 0 Å². The molecule has 1 N–H and O–H groups in total. The third kappa shape index (κ3) is 4.16. The van der Waals surface area contributed by atoms with E-state index in [9.17, 15) is 4.79 Å². The van der Waals surface area contributed by atoms with Crippen molar-refractivity contribution in [2.75, 3.05) is 11.9 Å². The van der Waals surface area contributed by atoms with Crippen LogP contribution in [0.4, 0.5) is 5.69 Å². The molecule has 0 saturated heterocycles. The highest BCUT2D eigenvalue weighted by molar-refractivity contribution is 5.92. The molecule has 0 aliphatic rings. The Morgan fingerprint density at radius 3 is 2.70 bits per heavy atom. The van der Waals surface area contributed by atoms with Gasteiger partial charge in [0.15, 0.2) is 0 Å². The summed E-state index contributed by atoms with van der Waals surface area (Å²) < 4.78 is 7.55. The van der Waals surface area contributed by atoms with E-state index >= 15 is 0 Å². The Hall–Kier alpha value is -2.23. The topological polar surface area (TPSA) is 43.3 Å².